The van der Waals surface area contributed by atoms with Gasteiger partial charge in [-0.1, -0.05) is 0 Å². The number of imidazole rings is 1. The molecule has 0 spiro atoms. The first-order chi connectivity index (χ1) is 10.1. The van der Waals surface area contributed by atoms with Gasteiger partial charge in [0.15, 0.2) is 0 Å². The minimum Gasteiger partial charge on any atom is -0.329 e. The van der Waals surface area contributed by atoms with E-state index in [9.17, 15) is 4.79 Å². The molecule has 6 nitrogen and oxygen atoms in total. The van der Waals surface area contributed by atoms with Gasteiger partial charge in [0, 0.05) is 51.9 Å². The molecule has 1 aromatic rings. The maximum Gasteiger partial charge on any atom is 0.320 e. The summed E-state index contributed by atoms with van der Waals surface area (Å²) >= 11 is 0. The van der Waals surface area contributed by atoms with Crippen LogP contribution in [0.4, 0.5) is 4.79 Å². The number of likely N-dealkylation sites (tertiary alicyclic amines) is 1. The van der Waals surface area contributed by atoms with Crippen molar-refractivity contribution in [1.29, 1.82) is 0 Å². The molecule has 1 fully saturated rings. The monoisotopic (exact) mass is 291 g/mol. The Morgan fingerprint density at radius 1 is 1.14 bits per heavy atom. The molecule has 0 aliphatic carbocycles. The van der Waals surface area contributed by atoms with E-state index in [0.29, 0.717) is 0 Å². The summed E-state index contributed by atoms with van der Waals surface area (Å²) in [5.74, 6) is 1.11. The molecular weight excluding hydrogens is 266 g/mol. The second-order valence-electron chi connectivity index (χ2n) is 6.27. The maximum atomic E-state index is 12.5. The average Bonchev–Trinajstić information content (AvgIpc) is 3.04. The van der Waals surface area contributed by atoms with E-state index >= 15 is 0 Å². The van der Waals surface area contributed by atoms with E-state index < -0.39 is 0 Å². The van der Waals surface area contributed by atoms with Crippen LogP contribution in [0.5, 0.6) is 0 Å². The Labute approximate surface area is 126 Å². The zero-order valence-corrected chi connectivity index (χ0v) is 13.1. The van der Waals surface area contributed by atoms with Crippen LogP contribution >= 0.6 is 0 Å². The number of amides is 2. The van der Waals surface area contributed by atoms with E-state index in [1.807, 2.05) is 16.0 Å². The molecule has 116 valence electrons. The van der Waals surface area contributed by atoms with E-state index in [2.05, 4.69) is 28.5 Å². The number of hydrogen-bond donors (Lipinski definition) is 0. The maximum absolute atomic E-state index is 12.5. The molecule has 1 aromatic heterocycles. The molecule has 0 saturated carbocycles. The van der Waals surface area contributed by atoms with Crippen molar-refractivity contribution in [3.05, 3.63) is 17.7 Å². The Morgan fingerprint density at radius 2 is 1.86 bits per heavy atom. The van der Waals surface area contributed by atoms with Crippen molar-refractivity contribution < 1.29 is 4.79 Å². The summed E-state index contributed by atoms with van der Waals surface area (Å²) in [6.07, 6.45) is 5.13. The summed E-state index contributed by atoms with van der Waals surface area (Å²) in [7, 11) is 4.14. The summed E-state index contributed by atoms with van der Waals surface area (Å²) in [5, 5.41) is 0. The number of rotatable bonds is 2. The fourth-order valence-corrected chi connectivity index (χ4v) is 3.24. The number of aromatic nitrogens is 2. The van der Waals surface area contributed by atoms with Crippen LogP contribution in [0.15, 0.2) is 6.20 Å². The van der Waals surface area contributed by atoms with Crippen molar-refractivity contribution in [2.45, 2.75) is 32.4 Å². The summed E-state index contributed by atoms with van der Waals surface area (Å²) in [6, 6.07) is 0.215. The van der Waals surface area contributed by atoms with E-state index in [1.54, 1.807) is 0 Å². The lowest BCUT2D eigenvalue weighted by molar-refractivity contribution is 0.163. The average molecular weight is 291 g/mol. The number of carbonyl (C=O) groups is 1. The van der Waals surface area contributed by atoms with E-state index in [-0.39, 0.29) is 6.03 Å². The van der Waals surface area contributed by atoms with Gasteiger partial charge in [0.1, 0.15) is 5.82 Å². The third-order valence-corrected chi connectivity index (χ3v) is 4.35. The molecule has 1 saturated heterocycles. The molecule has 0 aromatic carbocycles. The molecule has 0 atom stereocenters. The van der Waals surface area contributed by atoms with Crippen LogP contribution in [-0.4, -0.2) is 70.6 Å². The normalized spacial score (nSPS) is 19.0. The molecule has 3 rings (SSSR count). The molecule has 2 amide bonds. The third kappa shape index (κ3) is 3.05. The highest BCUT2D eigenvalue weighted by atomic mass is 16.2. The second kappa shape index (κ2) is 6.05. The van der Waals surface area contributed by atoms with Gasteiger partial charge in [-0.15, -0.1) is 0 Å². The van der Waals surface area contributed by atoms with Crippen molar-refractivity contribution in [2.24, 2.45) is 0 Å². The number of hydrogen-bond acceptors (Lipinski definition) is 3. The topological polar surface area (TPSA) is 44.6 Å². The van der Waals surface area contributed by atoms with Crippen molar-refractivity contribution in [3.63, 3.8) is 0 Å². The van der Waals surface area contributed by atoms with Gasteiger partial charge in [-0.05, 0) is 26.9 Å². The Bertz CT molecular complexity index is 504. The summed E-state index contributed by atoms with van der Waals surface area (Å²) in [6.45, 7) is 5.18. The predicted molar refractivity (Wildman–Crippen MR) is 81.1 cm³/mol. The van der Waals surface area contributed by atoms with Gasteiger partial charge in [0.25, 0.3) is 0 Å². The van der Waals surface area contributed by atoms with Crippen LogP contribution in [-0.2, 0) is 19.5 Å². The fourth-order valence-electron chi connectivity index (χ4n) is 3.24. The highest BCUT2D eigenvalue weighted by molar-refractivity contribution is 5.74. The summed E-state index contributed by atoms with van der Waals surface area (Å²) in [5.41, 5.74) is 1.24. The van der Waals surface area contributed by atoms with Crippen molar-refractivity contribution in [2.75, 3.05) is 40.3 Å². The van der Waals surface area contributed by atoms with Crippen LogP contribution in [0.3, 0.4) is 0 Å². The molecule has 3 heterocycles. The van der Waals surface area contributed by atoms with Crippen LogP contribution in [0.1, 0.15) is 24.4 Å². The van der Waals surface area contributed by atoms with Gasteiger partial charge in [-0.25, -0.2) is 9.78 Å². The lowest BCUT2D eigenvalue weighted by Crippen LogP contribution is -2.43. The summed E-state index contributed by atoms with van der Waals surface area (Å²) < 4.78 is 2.29. The summed E-state index contributed by atoms with van der Waals surface area (Å²) in [4.78, 5) is 23.2. The zero-order chi connectivity index (χ0) is 14.8. The first kappa shape index (κ1) is 14.4. The van der Waals surface area contributed by atoms with Gasteiger partial charge >= 0.3 is 6.03 Å². The SMILES string of the molecule is CN(C)Cc1cnc2n1CCN(C(=O)N1CCCC1)CC2. The lowest BCUT2D eigenvalue weighted by Gasteiger charge is -2.26. The van der Waals surface area contributed by atoms with Crippen molar-refractivity contribution in [3.8, 4) is 0 Å². The van der Waals surface area contributed by atoms with Crippen LogP contribution < -0.4 is 0 Å². The van der Waals surface area contributed by atoms with Crippen LogP contribution in [0.25, 0.3) is 0 Å². The zero-order valence-electron chi connectivity index (χ0n) is 13.1. The molecule has 0 bridgehead atoms. The molecule has 2 aliphatic rings. The molecule has 2 aliphatic heterocycles. The molecule has 0 radical (unpaired) electrons. The van der Waals surface area contributed by atoms with E-state index in [4.69, 9.17) is 0 Å². The number of carbonyl (C=O) groups excluding carboxylic acids is 1. The van der Waals surface area contributed by atoms with Gasteiger partial charge in [-0.2, -0.15) is 0 Å². The molecular formula is C15H25N5O. The number of fused-ring (bicyclic) bond motifs is 1. The predicted octanol–water partition coefficient (Wildman–Crippen LogP) is 1.02. The third-order valence-electron chi connectivity index (χ3n) is 4.35. The van der Waals surface area contributed by atoms with E-state index in [0.717, 1.165) is 64.4 Å². The Hall–Kier alpha value is -1.56. The quantitative estimate of drug-likeness (QED) is 0.817. The van der Waals surface area contributed by atoms with Gasteiger partial charge in [-0.3, -0.25) is 0 Å². The Kier molecular flexibility index (Phi) is 4.14. The van der Waals surface area contributed by atoms with E-state index in [1.165, 1.54) is 5.69 Å². The molecule has 0 unspecified atom stereocenters. The fraction of sp³-hybridized carbons (Fsp3) is 0.733. The van der Waals surface area contributed by atoms with Crippen molar-refractivity contribution in [1.82, 2.24) is 24.3 Å². The number of urea groups is 1. The standard InChI is InChI=1S/C15H25N5O/c1-17(2)12-13-11-16-14-5-8-19(9-10-20(13)14)15(21)18-6-3-4-7-18/h11H,3-10,12H2,1-2H3. The second-order valence-corrected chi connectivity index (χ2v) is 6.27. The first-order valence-electron chi connectivity index (χ1n) is 7.87. The molecule has 6 heteroatoms. The lowest BCUT2D eigenvalue weighted by atomic mass is 10.4. The van der Waals surface area contributed by atoms with Crippen LogP contribution in [0.2, 0.25) is 0 Å². The van der Waals surface area contributed by atoms with Gasteiger partial charge in [0.05, 0.1) is 5.69 Å². The Morgan fingerprint density at radius 3 is 2.57 bits per heavy atom. The highest BCUT2D eigenvalue weighted by Crippen LogP contribution is 2.16. The smallest absolute Gasteiger partial charge is 0.320 e. The van der Waals surface area contributed by atoms with Gasteiger partial charge in [0.2, 0.25) is 0 Å². The minimum atomic E-state index is 0.215. The first-order valence-corrected chi connectivity index (χ1v) is 7.87. The van der Waals surface area contributed by atoms with Crippen molar-refractivity contribution >= 4 is 6.03 Å². The molecule has 0 N–H and O–H groups in total. The molecule has 21 heavy (non-hydrogen) atoms. The highest BCUT2D eigenvalue weighted by Gasteiger charge is 2.26. The Balaban J connectivity index is 1.67. The largest absolute Gasteiger partial charge is 0.329 e. The van der Waals surface area contributed by atoms with Gasteiger partial charge < -0.3 is 19.3 Å². The number of nitrogens with zero attached hydrogens (tertiary/aromatic N) is 5. The minimum absolute atomic E-state index is 0.215. The van der Waals surface area contributed by atoms with Crippen LogP contribution in [0, 0.1) is 0 Å².